The van der Waals surface area contributed by atoms with Crippen molar-refractivity contribution in [2.75, 3.05) is 23.8 Å². The molecule has 0 spiro atoms. The topological polar surface area (TPSA) is 145 Å². The number of benzene rings is 2. The molecule has 9 nitrogen and oxygen atoms in total. The number of aliphatic carboxylic acids is 1. The number of hydrogen-bond acceptors (Lipinski definition) is 5. The highest BCUT2D eigenvalue weighted by molar-refractivity contribution is 5.89. The van der Waals surface area contributed by atoms with Crippen LogP contribution in [0.1, 0.15) is 25.0 Å². The number of nitrogens with one attached hydrogen (secondary N) is 3. The zero-order valence-corrected chi connectivity index (χ0v) is 17.5. The molecule has 0 atom stereocenters. The Kier molecular flexibility index (Phi) is 11.0. The third-order valence-electron chi connectivity index (χ3n) is 3.70. The van der Waals surface area contributed by atoms with Crippen LogP contribution in [-0.4, -0.2) is 47.1 Å². The van der Waals surface area contributed by atoms with Crippen LogP contribution in [0.5, 0.6) is 0 Å². The summed E-state index contributed by atoms with van der Waals surface area (Å²) >= 11 is 0. The van der Waals surface area contributed by atoms with Crippen LogP contribution >= 0.6 is 0 Å². The van der Waals surface area contributed by atoms with Crippen LogP contribution in [0.25, 0.3) is 0 Å². The Morgan fingerprint density at radius 1 is 0.742 bits per heavy atom. The van der Waals surface area contributed by atoms with Gasteiger partial charge in [-0.2, -0.15) is 0 Å². The highest BCUT2D eigenvalue weighted by Gasteiger charge is 2.03. The molecule has 2 aromatic carbocycles. The van der Waals surface area contributed by atoms with E-state index in [0.717, 1.165) is 5.56 Å². The van der Waals surface area contributed by atoms with Gasteiger partial charge in [-0.1, -0.05) is 24.3 Å². The van der Waals surface area contributed by atoms with Crippen LogP contribution in [0.15, 0.2) is 48.5 Å². The van der Waals surface area contributed by atoms with Gasteiger partial charge in [-0.3, -0.25) is 19.2 Å². The van der Waals surface area contributed by atoms with Gasteiger partial charge in [0.25, 0.3) is 0 Å². The number of anilines is 2. The number of hydrogen-bond donors (Lipinski definition) is 5. The zero-order valence-electron chi connectivity index (χ0n) is 17.5. The van der Waals surface area contributed by atoms with Crippen molar-refractivity contribution in [3.63, 3.8) is 0 Å². The van der Waals surface area contributed by atoms with E-state index in [0.29, 0.717) is 16.9 Å². The molecule has 0 aliphatic heterocycles. The average Bonchev–Trinajstić information content (AvgIpc) is 2.69. The molecule has 0 aliphatic rings. The molecule has 0 fully saturated rings. The lowest BCUT2D eigenvalue weighted by Gasteiger charge is -2.05. The molecule has 0 saturated heterocycles. The van der Waals surface area contributed by atoms with Gasteiger partial charge in [-0.25, -0.2) is 0 Å². The number of aliphatic hydroxyl groups is 1. The second-order valence-electron chi connectivity index (χ2n) is 6.58. The van der Waals surface area contributed by atoms with Crippen LogP contribution in [0.2, 0.25) is 0 Å². The summed E-state index contributed by atoms with van der Waals surface area (Å²) in [5, 5.41) is 24.9. The fraction of sp³-hybridized carbons (Fsp3) is 0.273. The molecule has 5 N–H and O–H groups in total. The Bertz CT molecular complexity index is 844. The van der Waals surface area contributed by atoms with E-state index >= 15 is 0 Å². The molecule has 0 aromatic heterocycles. The average molecular weight is 429 g/mol. The maximum Gasteiger partial charge on any atom is 0.307 e. The predicted octanol–water partition coefficient (Wildman–Crippen LogP) is 1.57. The first-order valence-corrected chi connectivity index (χ1v) is 9.52. The summed E-state index contributed by atoms with van der Waals surface area (Å²) in [5.74, 6) is -1.27. The zero-order chi connectivity index (χ0) is 23.2. The van der Waals surface area contributed by atoms with E-state index in [-0.39, 0.29) is 43.7 Å². The highest BCUT2D eigenvalue weighted by Crippen LogP contribution is 2.10. The molecule has 9 heteroatoms. The fourth-order valence-corrected chi connectivity index (χ4v) is 2.44. The Morgan fingerprint density at radius 2 is 1.16 bits per heavy atom. The van der Waals surface area contributed by atoms with Crippen LogP contribution in [0.3, 0.4) is 0 Å². The number of carboxylic acid groups (broad SMARTS) is 1. The van der Waals surface area contributed by atoms with E-state index in [1.165, 1.54) is 13.8 Å². The second-order valence-corrected chi connectivity index (χ2v) is 6.58. The molecule has 0 unspecified atom stereocenters. The predicted molar refractivity (Wildman–Crippen MR) is 117 cm³/mol. The van der Waals surface area contributed by atoms with Crippen molar-refractivity contribution >= 4 is 35.1 Å². The van der Waals surface area contributed by atoms with Crippen molar-refractivity contribution in [2.24, 2.45) is 0 Å². The minimum atomic E-state index is -0.864. The molecular weight excluding hydrogens is 402 g/mol. The van der Waals surface area contributed by atoms with E-state index in [1.807, 2.05) is 0 Å². The molecule has 0 aliphatic carbocycles. The maximum absolute atomic E-state index is 11.3. The molecule has 31 heavy (non-hydrogen) atoms. The lowest BCUT2D eigenvalue weighted by molar-refractivity contribution is -0.136. The summed E-state index contributed by atoms with van der Waals surface area (Å²) in [6.07, 6.45) is 0.265. The number of rotatable bonds is 8. The Labute approximate surface area is 180 Å². The minimum Gasteiger partial charge on any atom is -0.481 e. The van der Waals surface area contributed by atoms with E-state index < -0.39 is 5.97 Å². The number of amides is 3. The third kappa shape index (κ3) is 11.8. The van der Waals surface area contributed by atoms with Crippen molar-refractivity contribution in [2.45, 2.75) is 26.7 Å². The van der Waals surface area contributed by atoms with Crippen LogP contribution in [0.4, 0.5) is 11.4 Å². The van der Waals surface area contributed by atoms with Crippen molar-refractivity contribution in [3.05, 3.63) is 59.7 Å². The van der Waals surface area contributed by atoms with Gasteiger partial charge < -0.3 is 26.2 Å². The number of carbonyl (C=O) groups excluding carboxylic acids is 3. The lowest BCUT2D eigenvalue weighted by atomic mass is 10.1. The quantitative estimate of drug-likeness (QED) is 0.431. The van der Waals surface area contributed by atoms with Crippen molar-refractivity contribution in [3.8, 4) is 0 Å². The molecule has 166 valence electrons. The van der Waals surface area contributed by atoms with Gasteiger partial charge >= 0.3 is 5.97 Å². The van der Waals surface area contributed by atoms with Crippen molar-refractivity contribution in [1.29, 1.82) is 0 Å². The number of aliphatic hydroxyl groups excluding tert-OH is 1. The molecule has 3 amide bonds. The van der Waals surface area contributed by atoms with E-state index in [1.54, 1.807) is 48.5 Å². The SMILES string of the molecule is CC(=O)Nc1ccc(CC(=O)NCCO)cc1.CC(=O)Nc1ccc(CC(=O)O)cc1. The van der Waals surface area contributed by atoms with Crippen LogP contribution < -0.4 is 16.0 Å². The summed E-state index contributed by atoms with van der Waals surface area (Å²) < 4.78 is 0. The first-order valence-electron chi connectivity index (χ1n) is 9.52. The van der Waals surface area contributed by atoms with Gasteiger partial charge in [0.05, 0.1) is 19.4 Å². The molecule has 2 aromatic rings. The first-order chi connectivity index (χ1) is 14.7. The van der Waals surface area contributed by atoms with Gasteiger partial charge in [-0.05, 0) is 35.4 Å². The largest absolute Gasteiger partial charge is 0.481 e. The van der Waals surface area contributed by atoms with E-state index in [4.69, 9.17) is 10.2 Å². The van der Waals surface area contributed by atoms with Crippen molar-refractivity contribution in [1.82, 2.24) is 5.32 Å². The summed E-state index contributed by atoms with van der Waals surface area (Å²) in [6, 6.07) is 13.8. The monoisotopic (exact) mass is 429 g/mol. The molecule has 0 radical (unpaired) electrons. The van der Waals surface area contributed by atoms with Crippen LogP contribution in [-0.2, 0) is 32.0 Å². The first kappa shape index (κ1) is 25.3. The van der Waals surface area contributed by atoms with Crippen LogP contribution in [0, 0.1) is 0 Å². The van der Waals surface area contributed by atoms with E-state index in [9.17, 15) is 19.2 Å². The normalized spacial score (nSPS) is 9.65. The summed E-state index contributed by atoms with van der Waals surface area (Å²) in [7, 11) is 0. The van der Waals surface area contributed by atoms with Gasteiger partial charge in [0.15, 0.2) is 0 Å². The standard InChI is InChI=1S/C12H16N2O3.C10H11NO3/c1-9(16)14-11-4-2-10(3-5-11)8-12(17)13-6-7-15;1-7(12)11-9-4-2-8(3-5-9)6-10(13)14/h2-5,15H,6-8H2,1H3,(H,13,17)(H,14,16);2-5H,6H2,1H3,(H,11,12)(H,13,14). The van der Waals surface area contributed by atoms with E-state index in [2.05, 4.69) is 16.0 Å². The van der Waals surface area contributed by atoms with Gasteiger partial charge in [0.2, 0.25) is 17.7 Å². The Hall–Kier alpha value is -3.72. The molecule has 0 bridgehead atoms. The Morgan fingerprint density at radius 3 is 1.52 bits per heavy atom. The van der Waals surface area contributed by atoms with Gasteiger partial charge in [-0.15, -0.1) is 0 Å². The van der Waals surface area contributed by atoms with Gasteiger partial charge in [0.1, 0.15) is 0 Å². The number of carbonyl (C=O) groups is 4. The number of carboxylic acids is 1. The maximum atomic E-state index is 11.3. The second kappa shape index (κ2) is 13.5. The van der Waals surface area contributed by atoms with Crippen molar-refractivity contribution < 1.29 is 29.4 Å². The summed E-state index contributed by atoms with van der Waals surface area (Å²) in [5.41, 5.74) is 2.95. The molecular formula is C22H27N3O6. The van der Waals surface area contributed by atoms with Gasteiger partial charge in [0, 0.05) is 31.8 Å². The molecule has 2 rings (SSSR count). The highest BCUT2D eigenvalue weighted by atomic mass is 16.4. The molecule has 0 heterocycles. The summed E-state index contributed by atoms with van der Waals surface area (Å²) in [6.45, 7) is 3.07. The third-order valence-corrected chi connectivity index (χ3v) is 3.70. The Balaban J connectivity index is 0.000000316. The minimum absolute atomic E-state index is 0.000349. The summed E-state index contributed by atoms with van der Waals surface area (Å²) in [4.78, 5) is 43.2. The fourth-order valence-electron chi connectivity index (χ4n) is 2.44. The lowest BCUT2D eigenvalue weighted by Crippen LogP contribution is -2.27. The molecule has 0 saturated carbocycles. The smallest absolute Gasteiger partial charge is 0.307 e.